The van der Waals surface area contributed by atoms with Crippen LogP contribution in [-0.2, 0) is 11.3 Å². The van der Waals surface area contributed by atoms with Crippen molar-refractivity contribution >= 4 is 47.7 Å². The fourth-order valence-electron chi connectivity index (χ4n) is 3.09. The van der Waals surface area contributed by atoms with Gasteiger partial charge < -0.3 is 20.1 Å². The van der Waals surface area contributed by atoms with Crippen molar-refractivity contribution in [3.05, 3.63) is 29.3 Å². The van der Waals surface area contributed by atoms with E-state index in [4.69, 9.17) is 9.47 Å². The summed E-state index contributed by atoms with van der Waals surface area (Å²) in [7, 11) is 2.90. The Kier molecular flexibility index (Phi) is 10.9. The number of guanidine groups is 1. The second-order valence-corrected chi connectivity index (χ2v) is 7.37. The van der Waals surface area contributed by atoms with E-state index in [1.54, 1.807) is 12.1 Å². The maximum Gasteiger partial charge on any atom is 0.341 e. The van der Waals surface area contributed by atoms with Crippen molar-refractivity contribution in [2.75, 3.05) is 27.0 Å². The molecule has 0 heterocycles. The van der Waals surface area contributed by atoms with Crippen LogP contribution in [0.5, 0.6) is 5.75 Å². The minimum atomic E-state index is -0.410. The van der Waals surface area contributed by atoms with Gasteiger partial charge in [-0.25, -0.2) is 9.79 Å². The number of esters is 1. The van der Waals surface area contributed by atoms with Crippen LogP contribution in [0.2, 0.25) is 0 Å². The van der Waals surface area contributed by atoms with Gasteiger partial charge in [0.15, 0.2) is 5.96 Å². The second-order valence-electron chi connectivity index (χ2n) is 6.23. The van der Waals surface area contributed by atoms with Gasteiger partial charge in [-0.2, -0.15) is 11.8 Å². The van der Waals surface area contributed by atoms with Gasteiger partial charge in [-0.1, -0.05) is 6.07 Å². The number of ether oxygens (including phenoxy) is 2. The van der Waals surface area contributed by atoms with Crippen LogP contribution in [-0.4, -0.2) is 50.2 Å². The third-order valence-electron chi connectivity index (χ3n) is 4.49. The summed E-state index contributed by atoms with van der Waals surface area (Å²) in [4.78, 5) is 16.6. The lowest BCUT2D eigenvalue weighted by molar-refractivity contribution is 0.0597. The Bertz CT molecular complexity index is 643. The number of nitrogens with one attached hydrogen (secondary N) is 2. The normalized spacial score (nSPS) is 19.2. The molecule has 2 N–H and O–H groups in total. The average molecular weight is 507 g/mol. The Morgan fingerprint density at radius 1 is 1.33 bits per heavy atom. The predicted molar refractivity (Wildman–Crippen MR) is 123 cm³/mol. The molecule has 6 nitrogen and oxygen atoms in total. The van der Waals surface area contributed by atoms with Crippen molar-refractivity contribution in [3.63, 3.8) is 0 Å². The lowest BCUT2D eigenvalue weighted by atomic mass is 10.1. The maximum absolute atomic E-state index is 11.9. The first-order valence-electron chi connectivity index (χ1n) is 8.94. The molecule has 1 aromatic carbocycles. The Balaban J connectivity index is 0.00000364. The summed E-state index contributed by atoms with van der Waals surface area (Å²) in [6, 6.07) is 5.93. The first-order chi connectivity index (χ1) is 12.6. The Morgan fingerprint density at radius 2 is 2.11 bits per heavy atom. The summed E-state index contributed by atoms with van der Waals surface area (Å²) in [5, 5.41) is 7.57. The van der Waals surface area contributed by atoms with Crippen LogP contribution in [0.25, 0.3) is 0 Å². The van der Waals surface area contributed by atoms with Crippen molar-refractivity contribution in [1.82, 2.24) is 10.6 Å². The van der Waals surface area contributed by atoms with E-state index in [1.165, 1.54) is 33.5 Å². The fraction of sp³-hybridized carbons (Fsp3) is 0.579. The number of aliphatic imine (C=N–C) groups is 1. The van der Waals surface area contributed by atoms with Gasteiger partial charge in [-0.3, -0.25) is 0 Å². The molecule has 2 unspecified atom stereocenters. The minimum absolute atomic E-state index is 0. The highest BCUT2D eigenvalue weighted by Crippen LogP contribution is 2.28. The molecule has 1 aliphatic rings. The molecule has 1 aromatic rings. The SMILES string of the molecule is CCNC(=NCc1ccc(OC)c(C(=O)OC)c1)NC1CCC(SC)C1.I. The molecular weight excluding hydrogens is 477 g/mol. The molecule has 0 aliphatic heterocycles. The molecule has 0 aromatic heterocycles. The third-order valence-corrected chi connectivity index (χ3v) is 5.59. The molecule has 152 valence electrons. The van der Waals surface area contributed by atoms with Crippen LogP contribution >= 0.6 is 35.7 Å². The number of thioether (sulfide) groups is 1. The van der Waals surface area contributed by atoms with Crippen LogP contribution < -0.4 is 15.4 Å². The highest BCUT2D eigenvalue weighted by atomic mass is 127. The van der Waals surface area contributed by atoms with Crippen LogP contribution in [0.3, 0.4) is 0 Å². The molecule has 0 spiro atoms. The molecule has 2 rings (SSSR count). The minimum Gasteiger partial charge on any atom is -0.496 e. The van der Waals surface area contributed by atoms with Crippen LogP contribution in [0.4, 0.5) is 0 Å². The first-order valence-corrected chi connectivity index (χ1v) is 10.2. The summed E-state index contributed by atoms with van der Waals surface area (Å²) >= 11 is 1.94. The molecular formula is C19H30IN3O3S. The topological polar surface area (TPSA) is 72.0 Å². The van der Waals surface area contributed by atoms with E-state index in [-0.39, 0.29) is 24.0 Å². The molecule has 1 aliphatic carbocycles. The monoisotopic (exact) mass is 507 g/mol. The van der Waals surface area contributed by atoms with Gasteiger partial charge in [0.05, 0.1) is 20.8 Å². The largest absolute Gasteiger partial charge is 0.496 e. The van der Waals surface area contributed by atoms with Crippen LogP contribution in [0.15, 0.2) is 23.2 Å². The number of carbonyl (C=O) groups is 1. The van der Waals surface area contributed by atoms with Crippen molar-refractivity contribution in [2.45, 2.75) is 44.0 Å². The number of rotatable bonds is 7. The number of halogens is 1. The average Bonchev–Trinajstić information content (AvgIpc) is 3.13. The highest BCUT2D eigenvalue weighted by molar-refractivity contribution is 14.0. The Labute approximate surface area is 183 Å². The molecule has 1 fully saturated rings. The fourth-order valence-corrected chi connectivity index (χ4v) is 3.89. The summed E-state index contributed by atoms with van der Waals surface area (Å²) in [5.74, 6) is 0.908. The van der Waals surface area contributed by atoms with Gasteiger partial charge in [0, 0.05) is 17.8 Å². The molecule has 0 amide bonds. The van der Waals surface area contributed by atoms with E-state index >= 15 is 0 Å². The molecule has 0 saturated heterocycles. The zero-order valence-electron chi connectivity index (χ0n) is 16.4. The van der Waals surface area contributed by atoms with Crippen molar-refractivity contribution in [3.8, 4) is 5.75 Å². The summed E-state index contributed by atoms with van der Waals surface area (Å²) in [5.41, 5.74) is 1.34. The van der Waals surface area contributed by atoms with Gasteiger partial charge in [0.25, 0.3) is 0 Å². The van der Waals surface area contributed by atoms with Crippen molar-refractivity contribution in [1.29, 1.82) is 0 Å². The van der Waals surface area contributed by atoms with Crippen LogP contribution in [0, 0.1) is 0 Å². The quantitative estimate of drug-likeness (QED) is 0.255. The number of hydrogen-bond donors (Lipinski definition) is 2. The van der Waals surface area contributed by atoms with E-state index < -0.39 is 5.97 Å². The van der Waals surface area contributed by atoms with Gasteiger partial charge in [0.2, 0.25) is 0 Å². The molecule has 8 heteroatoms. The summed E-state index contributed by atoms with van der Waals surface area (Å²) < 4.78 is 10.1. The van der Waals surface area contributed by atoms with Gasteiger partial charge >= 0.3 is 5.97 Å². The molecule has 1 saturated carbocycles. The lowest BCUT2D eigenvalue weighted by Crippen LogP contribution is -2.42. The van der Waals surface area contributed by atoms with Crippen molar-refractivity contribution in [2.24, 2.45) is 4.99 Å². The number of nitrogens with zero attached hydrogens (tertiary/aromatic N) is 1. The lowest BCUT2D eigenvalue weighted by Gasteiger charge is -2.17. The molecule has 0 radical (unpaired) electrons. The van der Waals surface area contributed by atoms with E-state index in [1.807, 2.05) is 17.8 Å². The molecule has 2 atom stereocenters. The number of methoxy groups -OCH3 is 2. The smallest absolute Gasteiger partial charge is 0.341 e. The van der Waals surface area contributed by atoms with Crippen LogP contribution in [0.1, 0.15) is 42.1 Å². The first kappa shape index (κ1) is 23.9. The van der Waals surface area contributed by atoms with E-state index in [0.717, 1.165) is 23.3 Å². The van der Waals surface area contributed by atoms with E-state index in [0.29, 0.717) is 23.9 Å². The molecule has 0 bridgehead atoms. The summed E-state index contributed by atoms with van der Waals surface area (Å²) in [6.07, 6.45) is 5.76. The number of carbonyl (C=O) groups excluding carboxylic acids is 1. The molecule has 27 heavy (non-hydrogen) atoms. The Hall–Kier alpha value is -1.16. The van der Waals surface area contributed by atoms with Crippen molar-refractivity contribution < 1.29 is 14.3 Å². The van der Waals surface area contributed by atoms with Gasteiger partial charge in [-0.05, 0) is 50.1 Å². The number of benzene rings is 1. The second kappa shape index (κ2) is 12.3. The number of hydrogen-bond acceptors (Lipinski definition) is 5. The predicted octanol–water partition coefficient (Wildman–Crippen LogP) is 3.44. The highest BCUT2D eigenvalue weighted by Gasteiger charge is 2.24. The van der Waals surface area contributed by atoms with E-state index in [2.05, 4.69) is 28.8 Å². The Morgan fingerprint density at radius 3 is 2.70 bits per heavy atom. The zero-order chi connectivity index (χ0) is 18.9. The zero-order valence-corrected chi connectivity index (χ0v) is 19.6. The maximum atomic E-state index is 11.9. The third kappa shape index (κ3) is 7.06. The standard InChI is InChI=1S/C19H29N3O3S.HI/c1-5-20-19(22-14-7-8-15(11-14)26-4)21-12-13-6-9-17(24-2)16(10-13)18(23)25-3;/h6,9-10,14-15H,5,7-8,11-12H2,1-4H3,(H2,20,21,22);1H. The van der Waals surface area contributed by atoms with Gasteiger partial charge in [-0.15, -0.1) is 24.0 Å². The summed E-state index contributed by atoms with van der Waals surface area (Å²) in [6.45, 7) is 3.34. The van der Waals surface area contributed by atoms with E-state index in [9.17, 15) is 4.79 Å². The van der Waals surface area contributed by atoms with Gasteiger partial charge in [0.1, 0.15) is 11.3 Å².